The summed E-state index contributed by atoms with van der Waals surface area (Å²) in [6.45, 7) is 1.80. The fraction of sp³-hybridized carbons (Fsp3) is 0.400. The van der Waals surface area contributed by atoms with E-state index in [4.69, 9.17) is 0 Å². The first kappa shape index (κ1) is 21.8. The molecule has 0 atom stereocenters. The lowest BCUT2D eigenvalue weighted by atomic mass is 10.2. The Morgan fingerprint density at radius 2 is 1.58 bits per heavy atom. The fourth-order valence-electron chi connectivity index (χ4n) is 4.00. The number of sulfonamides is 1. The monoisotopic (exact) mass is 438 g/mol. The van der Waals surface area contributed by atoms with Crippen LogP contribution in [0.1, 0.15) is 49.7 Å². The molecule has 6 heteroatoms. The Labute approximate surface area is 185 Å². The zero-order chi connectivity index (χ0) is 21.7. The summed E-state index contributed by atoms with van der Waals surface area (Å²) in [6, 6.07) is 17.2. The maximum Gasteiger partial charge on any atom is 0.247 e. The van der Waals surface area contributed by atoms with Crippen molar-refractivity contribution in [2.24, 2.45) is 0 Å². The summed E-state index contributed by atoms with van der Waals surface area (Å²) in [5.74, 6) is -0.00684. The Balaban J connectivity index is 1.42. The predicted molar refractivity (Wildman–Crippen MR) is 123 cm³/mol. The zero-order valence-electron chi connectivity index (χ0n) is 17.8. The summed E-state index contributed by atoms with van der Waals surface area (Å²) in [6.07, 6.45) is 9.48. The van der Waals surface area contributed by atoms with Crippen molar-refractivity contribution < 1.29 is 13.2 Å². The van der Waals surface area contributed by atoms with Crippen molar-refractivity contribution in [3.05, 3.63) is 71.8 Å². The van der Waals surface area contributed by atoms with Gasteiger partial charge in [0.25, 0.3) is 0 Å². The minimum atomic E-state index is -3.45. The van der Waals surface area contributed by atoms with Crippen molar-refractivity contribution in [1.82, 2.24) is 9.21 Å². The van der Waals surface area contributed by atoms with Crippen LogP contribution in [0.25, 0.3) is 6.08 Å². The van der Waals surface area contributed by atoms with Gasteiger partial charge >= 0.3 is 0 Å². The third kappa shape index (κ3) is 5.63. The molecule has 1 aliphatic heterocycles. The maximum atomic E-state index is 12.9. The number of carbonyl (C=O) groups excluding carboxylic acids is 1. The number of benzene rings is 2. The van der Waals surface area contributed by atoms with Crippen molar-refractivity contribution in [3.8, 4) is 0 Å². The van der Waals surface area contributed by atoms with Crippen LogP contribution in [-0.4, -0.2) is 42.7 Å². The summed E-state index contributed by atoms with van der Waals surface area (Å²) < 4.78 is 27.4. The van der Waals surface area contributed by atoms with Crippen LogP contribution in [0, 0.1) is 0 Å². The van der Waals surface area contributed by atoms with Crippen LogP contribution in [0.4, 0.5) is 0 Å². The molecule has 1 saturated carbocycles. The van der Waals surface area contributed by atoms with Gasteiger partial charge in [0.05, 0.1) is 4.90 Å². The Hall–Kier alpha value is -2.44. The number of amides is 1. The second-order valence-electron chi connectivity index (χ2n) is 8.40. The first-order valence-electron chi connectivity index (χ1n) is 11.2. The van der Waals surface area contributed by atoms with Gasteiger partial charge in [-0.25, -0.2) is 8.42 Å². The van der Waals surface area contributed by atoms with E-state index < -0.39 is 10.0 Å². The predicted octanol–water partition coefficient (Wildman–Crippen LogP) is 4.46. The van der Waals surface area contributed by atoms with Gasteiger partial charge < -0.3 is 4.90 Å². The summed E-state index contributed by atoms with van der Waals surface area (Å²) >= 11 is 0. The van der Waals surface area contributed by atoms with Crippen molar-refractivity contribution in [1.29, 1.82) is 0 Å². The van der Waals surface area contributed by atoms with Crippen LogP contribution in [0.3, 0.4) is 0 Å². The van der Waals surface area contributed by atoms with Crippen LogP contribution >= 0.6 is 0 Å². The van der Waals surface area contributed by atoms with Crippen LogP contribution in [0.15, 0.2) is 65.6 Å². The van der Waals surface area contributed by atoms with E-state index in [0.717, 1.165) is 49.7 Å². The molecule has 0 unspecified atom stereocenters. The SMILES string of the molecule is O=C(/C=C/c1ccc(S(=O)(=O)N2CCCCCC2)cc1)N(Cc1ccccc1)C1CC1. The number of hydrogen-bond donors (Lipinski definition) is 0. The highest BCUT2D eigenvalue weighted by atomic mass is 32.2. The number of rotatable bonds is 7. The van der Waals surface area contributed by atoms with Crippen molar-refractivity contribution in [3.63, 3.8) is 0 Å². The lowest BCUT2D eigenvalue weighted by molar-refractivity contribution is -0.127. The van der Waals surface area contributed by atoms with Gasteiger partial charge in [0.2, 0.25) is 15.9 Å². The molecule has 164 valence electrons. The maximum absolute atomic E-state index is 12.9. The summed E-state index contributed by atoms with van der Waals surface area (Å²) in [5, 5.41) is 0. The van der Waals surface area contributed by atoms with E-state index in [2.05, 4.69) is 0 Å². The Morgan fingerprint density at radius 3 is 2.19 bits per heavy atom. The second kappa shape index (κ2) is 9.79. The first-order chi connectivity index (χ1) is 15.0. The number of carbonyl (C=O) groups is 1. The molecule has 0 aromatic heterocycles. The van der Waals surface area contributed by atoms with E-state index in [1.54, 1.807) is 40.7 Å². The minimum Gasteiger partial charge on any atom is -0.332 e. The van der Waals surface area contributed by atoms with Gasteiger partial charge in [-0.3, -0.25) is 4.79 Å². The lowest BCUT2D eigenvalue weighted by Crippen LogP contribution is -2.31. The molecule has 4 rings (SSSR count). The smallest absolute Gasteiger partial charge is 0.247 e. The number of nitrogens with zero attached hydrogens (tertiary/aromatic N) is 2. The normalized spacial score (nSPS) is 18.1. The molecule has 0 N–H and O–H groups in total. The fourth-order valence-corrected chi connectivity index (χ4v) is 5.52. The molecule has 1 heterocycles. The van der Waals surface area contributed by atoms with Crippen LogP contribution in [0.5, 0.6) is 0 Å². The van der Waals surface area contributed by atoms with Crippen LogP contribution in [-0.2, 0) is 21.4 Å². The second-order valence-corrected chi connectivity index (χ2v) is 10.3. The Kier molecular flexibility index (Phi) is 6.88. The van der Waals surface area contributed by atoms with Gasteiger partial charge in [0, 0.05) is 31.8 Å². The highest BCUT2D eigenvalue weighted by Crippen LogP contribution is 2.29. The van der Waals surface area contributed by atoms with Gasteiger partial charge in [-0.05, 0) is 55.0 Å². The van der Waals surface area contributed by atoms with E-state index in [1.807, 2.05) is 35.2 Å². The molecule has 2 aliphatic rings. The van der Waals surface area contributed by atoms with Crippen molar-refractivity contribution >= 4 is 22.0 Å². The van der Waals surface area contributed by atoms with Gasteiger partial charge in [-0.2, -0.15) is 4.31 Å². The first-order valence-corrected chi connectivity index (χ1v) is 12.6. The van der Waals surface area contributed by atoms with Crippen LogP contribution in [0.2, 0.25) is 0 Å². The van der Waals surface area contributed by atoms with E-state index in [9.17, 15) is 13.2 Å². The molecule has 0 radical (unpaired) electrons. The molecule has 31 heavy (non-hydrogen) atoms. The average molecular weight is 439 g/mol. The van der Waals surface area contributed by atoms with Crippen LogP contribution < -0.4 is 0 Å². The third-order valence-corrected chi connectivity index (χ3v) is 7.88. The molecule has 2 aromatic carbocycles. The molecule has 0 bridgehead atoms. The molecule has 1 saturated heterocycles. The van der Waals surface area contributed by atoms with Gasteiger partial charge in [-0.15, -0.1) is 0 Å². The molecule has 0 spiro atoms. The summed E-state index contributed by atoms with van der Waals surface area (Å²) in [5.41, 5.74) is 1.94. The average Bonchev–Trinajstić information content (AvgIpc) is 3.64. The molecular weight excluding hydrogens is 408 g/mol. The molecule has 2 fully saturated rings. The summed E-state index contributed by atoms with van der Waals surface area (Å²) in [4.78, 5) is 15.0. The molecule has 5 nitrogen and oxygen atoms in total. The largest absolute Gasteiger partial charge is 0.332 e. The Bertz CT molecular complexity index is 1000. The summed E-state index contributed by atoms with van der Waals surface area (Å²) in [7, 11) is -3.45. The van der Waals surface area contributed by atoms with E-state index in [1.165, 1.54) is 0 Å². The molecular formula is C25H30N2O3S. The molecule has 2 aromatic rings. The molecule has 1 amide bonds. The minimum absolute atomic E-state index is 0.00684. The van der Waals surface area contributed by atoms with Gasteiger partial charge in [0.1, 0.15) is 0 Å². The standard InChI is InChI=1S/C25H30N2O3S/c28-25(27(23-13-14-23)20-22-8-4-3-5-9-22)17-12-21-10-15-24(16-11-21)31(29,30)26-18-6-1-2-7-19-26/h3-5,8-12,15-17,23H,1-2,6-7,13-14,18-20H2/b17-12+. The highest BCUT2D eigenvalue weighted by molar-refractivity contribution is 7.89. The lowest BCUT2D eigenvalue weighted by Gasteiger charge is -2.21. The highest BCUT2D eigenvalue weighted by Gasteiger charge is 2.31. The third-order valence-electron chi connectivity index (χ3n) is 5.97. The topological polar surface area (TPSA) is 57.7 Å². The van der Waals surface area contributed by atoms with Gasteiger partial charge in [-0.1, -0.05) is 55.3 Å². The van der Waals surface area contributed by atoms with Crippen molar-refractivity contribution in [2.45, 2.75) is 56.0 Å². The van der Waals surface area contributed by atoms with E-state index in [0.29, 0.717) is 30.6 Å². The molecule has 1 aliphatic carbocycles. The van der Waals surface area contributed by atoms with E-state index in [-0.39, 0.29) is 5.91 Å². The number of hydrogen-bond acceptors (Lipinski definition) is 3. The van der Waals surface area contributed by atoms with E-state index >= 15 is 0 Å². The Morgan fingerprint density at radius 1 is 0.935 bits per heavy atom. The zero-order valence-corrected chi connectivity index (χ0v) is 18.6. The van der Waals surface area contributed by atoms with Gasteiger partial charge in [0.15, 0.2) is 0 Å². The quantitative estimate of drug-likeness (QED) is 0.600. The van der Waals surface area contributed by atoms with Crippen molar-refractivity contribution in [2.75, 3.05) is 13.1 Å².